The number of hydrogen-bond acceptors (Lipinski definition) is 4. The van der Waals surface area contributed by atoms with Gasteiger partial charge in [-0.3, -0.25) is 4.79 Å². The van der Waals surface area contributed by atoms with E-state index in [2.05, 4.69) is 11.4 Å². The van der Waals surface area contributed by atoms with Crippen LogP contribution in [0.15, 0.2) is 24.3 Å². The van der Waals surface area contributed by atoms with E-state index in [4.69, 9.17) is 5.14 Å². The maximum Gasteiger partial charge on any atom is 0.261 e. The Bertz CT molecular complexity index is 820. The molecule has 1 aromatic carbocycles. The van der Waals surface area contributed by atoms with Gasteiger partial charge in [-0.1, -0.05) is 17.7 Å². The number of rotatable bonds is 4. The molecule has 1 aromatic heterocycles. The van der Waals surface area contributed by atoms with Gasteiger partial charge in [-0.2, -0.15) is 0 Å². The molecule has 0 atom stereocenters. The molecule has 7 heteroatoms. The Hall–Kier alpha value is -1.44. The molecule has 1 amide bonds. The molecule has 2 aromatic rings. The lowest BCUT2D eigenvalue weighted by atomic mass is 9.81. The number of benzene rings is 1. The van der Waals surface area contributed by atoms with E-state index in [-0.39, 0.29) is 23.6 Å². The minimum atomic E-state index is -3.42. The zero-order valence-corrected chi connectivity index (χ0v) is 13.8. The number of hydrogen-bond donors (Lipinski definition) is 2. The zero-order chi connectivity index (χ0) is 15.9. The molecule has 5 nitrogen and oxygen atoms in total. The number of carbonyl (C=O) groups is 1. The van der Waals surface area contributed by atoms with Gasteiger partial charge in [-0.15, -0.1) is 11.3 Å². The average Bonchev–Trinajstić information content (AvgIpc) is 2.77. The highest BCUT2D eigenvalue weighted by Gasteiger charge is 2.33. The summed E-state index contributed by atoms with van der Waals surface area (Å²) in [6.07, 6.45) is 1.35. The van der Waals surface area contributed by atoms with Crippen molar-refractivity contribution in [1.82, 2.24) is 5.32 Å². The van der Waals surface area contributed by atoms with Crippen molar-refractivity contribution in [1.29, 1.82) is 0 Å². The van der Waals surface area contributed by atoms with Crippen LogP contribution in [0.25, 0.3) is 10.1 Å². The first kappa shape index (κ1) is 15.5. The highest BCUT2D eigenvalue weighted by Crippen LogP contribution is 2.30. The smallest absolute Gasteiger partial charge is 0.261 e. The number of aryl methyl sites for hydroxylation is 1. The van der Waals surface area contributed by atoms with Crippen LogP contribution in [0.2, 0.25) is 0 Å². The quantitative estimate of drug-likeness (QED) is 0.893. The van der Waals surface area contributed by atoms with Crippen molar-refractivity contribution in [2.75, 3.05) is 5.75 Å². The molecule has 118 valence electrons. The number of nitrogens with two attached hydrogens (primary N) is 1. The first-order valence-electron chi connectivity index (χ1n) is 7.12. The van der Waals surface area contributed by atoms with E-state index >= 15 is 0 Å². The second kappa shape index (κ2) is 5.64. The molecular weight excluding hydrogens is 320 g/mol. The van der Waals surface area contributed by atoms with Crippen LogP contribution in [0.3, 0.4) is 0 Å². The van der Waals surface area contributed by atoms with Crippen LogP contribution in [0, 0.1) is 12.8 Å². The first-order valence-corrected chi connectivity index (χ1v) is 9.65. The molecule has 3 rings (SSSR count). The Kier molecular flexibility index (Phi) is 3.96. The molecule has 1 saturated carbocycles. The molecule has 3 N–H and O–H groups in total. The molecule has 1 aliphatic rings. The van der Waals surface area contributed by atoms with Gasteiger partial charge in [0.25, 0.3) is 5.91 Å². The van der Waals surface area contributed by atoms with Gasteiger partial charge in [-0.05, 0) is 43.2 Å². The van der Waals surface area contributed by atoms with E-state index in [0.717, 1.165) is 10.1 Å². The predicted octanol–water partition coefficient (Wildman–Crippen LogP) is 2.01. The minimum absolute atomic E-state index is 0.00152. The molecule has 0 bridgehead atoms. The maximum atomic E-state index is 12.3. The fourth-order valence-corrected chi connectivity index (χ4v) is 4.72. The van der Waals surface area contributed by atoms with E-state index in [9.17, 15) is 13.2 Å². The van der Waals surface area contributed by atoms with Gasteiger partial charge in [0.05, 0.1) is 10.6 Å². The fourth-order valence-electron chi connectivity index (χ4n) is 2.85. The molecule has 0 saturated heterocycles. The van der Waals surface area contributed by atoms with E-state index in [1.54, 1.807) is 0 Å². The summed E-state index contributed by atoms with van der Waals surface area (Å²) in [4.78, 5) is 12.9. The van der Waals surface area contributed by atoms with Crippen LogP contribution in [0.5, 0.6) is 0 Å². The van der Waals surface area contributed by atoms with Gasteiger partial charge in [0.2, 0.25) is 10.0 Å². The standard InChI is InChI=1S/C15H18N2O3S2/c1-9-2-3-13-11(4-9)7-14(21-13)15(18)17-12-5-10(6-12)8-22(16,19)20/h2-4,7,10,12H,5-6,8H2,1H3,(H,17,18)(H2,16,19,20). The van der Waals surface area contributed by atoms with Crippen molar-refractivity contribution < 1.29 is 13.2 Å². The number of fused-ring (bicyclic) bond motifs is 1. The number of carbonyl (C=O) groups excluding carboxylic acids is 1. The van der Waals surface area contributed by atoms with Gasteiger partial charge >= 0.3 is 0 Å². The Balaban J connectivity index is 1.60. The van der Waals surface area contributed by atoms with Crippen LogP contribution >= 0.6 is 11.3 Å². The predicted molar refractivity (Wildman–Crippen MR) is 88.5 cm³/mol. The molecule has 0 radical (unpaired) electrons. The Labute approximate surface area is 133 Å². The number of primary sulfonamides is 1. The van der Waals surface area contributed by atoms with Gasteiger partial charge < -0.3 is 5.32 Å². The van der Waals surface area contributed by atoms with E-state index in [1.165, 1.54) is 16.9 Å². The van der Waals surface area contributed by atoms with Crippen LogP contribution in [-0.2, 0) is 10.0 Å². The number of thiophene rings is 1. The molecule has 1 aliphatic carbocycles. The molecule has 1 fully saturated rings. The maximum absolute atomic E-state index is 12.3. The van der Waals surface area contributed by atoms with Gasteiger partial charge in [0.15, 0.2) is 0 Å². The summed E-state index contributed by atoms with van der Waals surface area (Å²) in [5.74, 6) is -0.0232. The summed E-state index contributed by atoms with van der Waals surface area (Å²) in [5.41, 5.74) is 1.17. The van der Waals surface area contributed by atoms with Crippen LogP contribution in [-0.4, -0.2) is 26.1 Å². The van der Waals surface area contributed by atoms with Crippen molar-refractivity contribution in [3.63, 3.8) is 0 Å². The molecule has 22 heavy (non-hydrogen) atoms. The Morgan fingerprint density at radius 2 is 2.09 bits per heavy atom. The van der Waals surface area contributed by atoms with Crippen molar-refractivity contribution in [2.24, 2.45) is 11.1 Å². The molecule has 0 aliphatic heterocycles. The fraction of sp³-hybridized carbons (Fsp3) is 0.400. The lowest BCUT2D eigenvalue weighted by Crippen LogP contribution is -2.46. The van der Waals surface area contributed by atoms with Crippen LogP contribution in [0.4, 0.5) is 0 Å². The zero-order valence-electron chi connectivity index (χ0n) is 12.2. The monoisotopic (exact) mass is 338 g/mol. The summed E-state index contributed by atoms with van der Waals surface area (Å²) in [6.45, 7) is 2.02. The largest absolute Gasteiger partial charge is 0.349 e. The summed E-state index contributed by atoms with van der Waals surface area (Å²) >= 11 is 1.47. The topological polar surface area (TPSA) is 89.3 Å². The van der Waals surface area contributed by atoms with Crippen LogP contribution in [0.1, 0.15) is 28.1 Å². The third kappa shape index (κ3) is 3.48. The van der Waals surface area contributed by atoms with Gasteiger partial charge in [0.1, 0.15) is 0 Å². The third-order valence-corrected chi connectivity index (χ3v) is 5.99. The van der Waals surface area contributed by atoms with Crippen molar-refractivity contribution in [2.45, 2.75) is 25.8 Å². The molecule has 0 spiro atoms. The number of amides is 1. The van der Waals surface area contributed by atoms with Gasteiger partial charge in [-0.25, -0.2) is 13.6 Å². The average molecular weight is 338 g/mol. The molecular formula is C15H18N2O3S2. The number of sulfonamides is 1. The third-order valence-electron chi connectivity index (χ3n) is 3.93. The summed E-state index contributed by atoms with van der Waals surface area (Å²) in [7, 11) is -3.42. The Morgan fingerprint density at radius 1 is 1.36 bits per heavy atom. The summed E-state index contributed by atoms with van der Waals surface area (Å²) in [5, 5.41) is 9.06. The van der Waals surface area contributed by atoms with Crippen LogP contribution < -0.4 is 10.5 Å². The van der Waals surface area contributed by atoms with Crippen molar-refractivity contribution in [3.8, 4) is 0 Å². The number of nitrogens with one attached hydrogen (secondary N) is 1. The Morgan fingerprint density at radius 3 is 2.77 bits per heavy atom. The summed E-state index contributed by atoms with van der Waals surface area (Å²) < 4.78 is 23.1. The van der Waals surface area contributed by atoms with E-state index in [0.29, 0.717) is 17.7 Å². The second-order valence-electron chi connectivity index (χ2n) is 5.99. The normalized spacial score (nSPS) is 21.5. The highest BCUT2D eigenvalue weighted by atomic mass is 32.2. The van der Waals surface area contributed by atoms with Crippen molar-refractivity contribution >= 4 is 37.4 Å². The van der Waals surface area contributed by atoms with Crippen molar-refractivity contribution in [3.05, 3.63) is 34.7 Å². The molecule has 1 heterocycles. The molecule has 0 unspecified atom stereocenters. The minimum Gasteiger partial charge on any atom is -0.349 e. The van der Waals surface area contributed by atoms with Gasteiger partial charge in [0, 0.05) is 10.7 Å². The van der Waals surface area contributed by atoms with E-state index < -0.39 is 10.0 Å². The summed E-state index contributed by atoms with van der Waals surface area (Å²) in [6, 6.07) is 8.07. The SMILES string of the molecule is Cc1ccc2sc(C(=O)NC3CC(CS(N)(=O)=O)C3)cc2c1. The highest BCUT2D eigenvalue weighted by molar-refractivity contribution is 7.89. The second-order valence-corrected chi connectivity index (χ2v) is 8.73. The lowest BCUT2D eigenvalue weighted by Gasteiger charge is -2.35. The van der Waals surface area contributed by atoms with E-state index in [1.807, 2.05) is 25.1 Å². The first-order chi connectivity index (χ1) is 10.3. The lowest BCUT2D eigenvalue weighted by molar-refractivity contribution is 0.0901.